The van der Waals surface area contributed by atoms with Gasteiger partial charge < -0.3 is 5.32 Å². The standard InChI is InChI=1S/C22H18FN3O3/c23-18-8-4-3-7-16(18)21(28)25-26-22(29)17-11-14-5-1-2-6-15(14)12-19(17)24-20(27)13-9-10-13/h1-8,11-13H,9-10H2,(H,24,27)(H,25,28)(H,26,29). The molecule has 0 saturated heterocycles. The Kier molecular flexibility index (Phi) is 4.95. The molecule has 3 aromatic rings. The van der Waals surface area contributed by atoms with E-state index >= 15 is 0 Å². The molecule has 6 nitrogen and oxygen atoms in total. The number of carbonyl (C=O) groups excluding carboxylic acids is 3. The summed E-state index contributed by atoms with van der Waals surface area (Å²) in [5.41, 5.74) is 4.88. The van der Waals surface area contributed by atoms with Crippen LogP contribution in [0.3, 0.4) is 0 Å². The van der Waals surface area contributed by atoms with Crippen LogP contribution in [0.15, 0.2) is 60.7 Å². The summed E-state index contributed by atoms with van der Waals surface area (Å²) in [4.78, 5) is 37.1. The Balaban J connectivity index is 1.57. The molecule has 146 valence electrons. The number of benzene rings is 3. The molecule has 7 heteroatoms. The number of halogens is 1. The third-order valence-electron chi connectivity index (χ3n) is 4.74. The first-order valence-corrected chi connectivity index (χ1v) is 9.22. The number of amides is 3. The zero-order valence-electron chi connectivity index (χ0n) is 15.4. The number of anilines is 1. The highest BCUT2D eigenvalue weighted by Crippen LogP contribution is 2.31. The summed E-state index contributed by atoms with van der Waals surface area (Å²) in [6.45, 7) is 0. The van der Waals surface area contributed by atoms with Crippen molar-refractivity contribution in [3.05, 3.63) is 77.6 Å². The summed E-state index contributed by atoms with van der Waals surface area (Å²) in [5, 5.41) is 4.48. The Hall–Kier alpha value is -3.74. The fourth-order valence-electron chi connectivity index (χ4n) is 3.01. The van der Waals surface area contributed by atoms with Gasteiger partial charge in [-0.3, -0.25) is 25.2 Å². The first kappa shape index (κ1) is 18.6. The van der Waals surface area contributed by atoms with Crippen LogP contribution in [0.2, 0.25) is 0 Å². The van der Waals surface area contributed by atoms with Crippen LogP contribution in [-0.4, -0.2) is 17.7 Å². The molecule has 29 heavy (non-hydrogen) atoms. The largest absolute Gasteiger partial charge is 0.325 e. The topological polar surface area (TPSA) is 87.3 Å². The third kappa shape index (κ3) is 4.08. The molecule has 3 amide bonds. The van der Waals surface area contributed by atoms with Gasteiger partial charge in [0.25, 0.3) is 11.8 Å². The molecular weight excluding hydrogens is 373 g/mol. The lowest BCUT2D eigenvalue weighted by Crippen LogP contribution is -2.42. The van der Waals surface area contributed by atoms with Gasteiger partial charge >= 0.3 is 0 Å². The van der Waals surface area contributed by atoms with Gasteiger partial charge in [-0.1, -0.05) is 36.4 Å². The van der Waals surface area contributed by atoms with Crippen molar-refractivity contribution in [3.8, 4) is 0 Å². The predicted molar refractivity (Wildman–Crippen MR) is 107 cm³/mol. The maximum absolute atomic E-state index is 13.7. The third-order valence-corrected chi connectivity index (χ3v) is 4.74. The van der Waals surface area contributed by atoms with E-state index in [0.29, 0.717) is 5.69 Å². The van der Waals surface area contributed by atoms with Crippen LogP contribution in [0.25, 0.3) is 10.8 Å². The van der Waals surface area contributed by atoms with Crippen LogP contribution in [0.1, 0.15) is 33.6 Å². The van der Waals surface area contributed by atoms with Crippen molar-refractivity contribution < 1.29 is 18.8 Å². The van der Waals surface area contributed by atoms with Crippen LogP contribution in [0, 0.1) is 11.7 Å². The minimum Gasteiger partial charge on any atom is -0.325 e. The lowest BCUT2D eigenvalue weighted by atomic mass is 10.0. The Morgan fingerprint density at radius 3 is 2.03 bits per heavy atom. The lowest BCUT2D eigenvalue weighted by Gasteiger charge is -2.14. The zero-order chi connectivity index (χ0) is 20.4. The monoisotopic (exact) mass is 391 g/mol. The molecule has 0 atom stereocenters. The van der Waals surface area contributed by atoms with E-state index in [1.165, 1.54) is 18.2 Å². The zero-order valence-corrected chi connectivity index (χ0v) is 15.4. The van der Waals surface area contributed by atoms with Crippen LogP contribution < -0.4 is 16.2 Å². The highest BCUT2D eigenvalue weighted by molar-refractivity contribution is 6.09. The number of hydrazine groups is 1. The molecule has 3 N–H and O–H groups in total. The van der Waals surface area contributed by atoms with Crippen molar-refractivity contribution in [1.82, 2.24) is 10.9 Å². The minimum atomic E-state index is -0.777. The smallest absolute Gasteiger partial charge is 0.272 e. The van der Waals surface area contributed by atoms with Crippen LogP contribution in [0.5, 0.6) is 0 Å². The molecule has 1 fully saturated rings. The van der Waals surface area contributed by atoms with Gasteiger partial charge in [-0.25, -0.2) is 4.39 Å². The molecule has 3 aromatic carbocycles. The second-order valence-electron chi connectivity index (χ2n) is 6.90. The Morgan fingerprint density at radius 1 is 0.793 bits per heavy atom. The van der Waals surface area contributed by atoms with E-state index < -0.39 is 17.6 Å². The number of hydrogen-bond donors (Lipinski definition) is 3. The van der Waals surface area contributed by atoms with Gasteiger partial charge in [-0.05, 0) is 47.9 Å². The molecule has 0 heterocycles. The van der Waals surface area contributed by atoms with Gasteiger partial charge in [-0.15, -0.1) is 0 Å². The van der Waals surface area contributed by atoms with Crippen molar-refractivity contribution in [2.24, 2.45) is 5.92 Å². The van der Waals surface area contributed by atoms with Crippen molar-refractivity contribution >= 4 is 34.2 Å². The molecule has 4 rings (SSSR count). The van der Waals surface area contributed by atoms with Gasteiger partial charge in [0.15, 0.2) is 0 Å². The van der Waals surface area contributed by atoms with Gasteiger partial charge in [0, 0.05) is 5.92 Å². The molecule has 0 unspecified atom stereocenters. The van der Waals surface area contributed by atoms with Gasteiger partial charge in [0.05, 0.1) is 16.8 Å². The first-order valence-electron chi connectivity index (χ1n) is 9.22. The van der Waals surface area contributed by atoms with Crippen LogP contribution in [0.4, 0.5) is 10.1 Å². The molecule has 0 aliphatic heterocycles. The summed E-state index contributed by atoms with van der Waals surface area (Å²) in [6, 6.07) is 16.3. The van der Waals surface area contributed by atoms with Crippen molar-refractivity contribution in [2.75, 3.05) is 5.32 Å². The van der Waals surface area contributed by atoms with Crippen molar-refractivity contribution in [2.45, 2.75) is 12.8 Å². The fraction of sp³-hybridized carbons (Fsp3) is 0.136. The normalized spacial score (nSPS) is 13.0. The average Bonchev–Trinajstić information content (AvgIpc) is 3.57. The molecule has 0 aromatic heterocycles. The second kappa shape index (κ2) is 7.71. The average molecular weight is 391 g/mol. The second-order valence-corrected chi connectivity index (χ2v) is 6.90. The fourth-order valence-corrected chi connectivity index (χ4v) is 3.01. The van der Waals surface area contributed by atoms with E-state index in [1.807, 2.05) is 24.3 Å². The molecular formula is C22H18FN3O3. The van der Waals surface area contributed by atoms with Gasteiger partial charge in [0.1, 0.15) is 5.82 Å². The van der Waals surface area contributed by atoms with E-state index in [1.54, 1.807) is 12.1 Å². The van der Waals surface area contributed by atoms with Crippen molar-refractivity contribution in [1.29, 1.82) is 0 Å². The van der Waals surface area contributed by atoms with E-state index in [9.17, 15) is 18.8 Å². The molecule has 0 spiro atoms. The summed E-state index contributed by atoms with van der Waals surface area (Å²) in [5.74, 6) is -2.25. The van der Waals surface area contributed by atoms with E-state index in [0.717, 1.165) is 29.7 Å². The SMILES string of the molecule is O=C(NNC(=O)c1cc2ccccc2cc1NC(=O)C1CC1)c1ccccc1F. The summed E-state index contributed by atoms with van der Waals surface area (Å²) >= 11 is 0. The number of carbonyl (C=O) groups is 3. The maximum Gasteiger partial charge on any atom is 0.272 e. The summed E-state index contributed by atoms with van der Waals surface area (Å²) in [6.07, 6.45) is 1.67. The molecule has 1 aliphatic rings. The Bertz CT molecular complexity index is 1130. The quantitative estimate of drug-likeness (QED) is 0.596. The Labute approximate surface area is 166 Å². The molecule has 1 saturated carbocycles. The molecule has 0 bridgehead atoms. The van der Waals surface area contributed by atoms with E-state index in [-0.39, 0.29) is 23.0 Å². The highest BCUT2D eigenvalue weighted by Gasteiger charge is 2.30. The Morgan fingerprint density at radius 2 is 1.38 bits per heavy atom. The summed E-state index contributed by atoms with van der Waals surface area (Å²) < 4.78 is 13.7. The number of nitrogens with one attached hydrogen (secondary N) is 3. The first-order chi connectivity index (χ1) is 14.0. The van der Waals surface area contributed by atoms with Crippen LogP contribution in [-0.2, 0) is 4.79 Å². The van der Waals surface area contributed by atoms with E-state index in [2.05, 4.69) is 16.2 Å². The van der Waals surface area contributed by atoms with E-state index in [4.69, 9.17) is 0 Å². The maximum atomic E-state index is 13.7. The molecule has 0 radical (unpaired) electrons. The number of fused-ring (bicyclic) bond motifs is 1. The highest BCUT2D eigenvalue weighted by atomic mass is 19.1. The minimum absolute atomic E-state index is 0.0295. The molecule has 1 aliphatic carbocycles. The van der Waals surface area contributed by atoms with Crippen molar-refractivity contribution in [3.63, 3.8) is 0 Å². The van der Waals surface area contributed by atoms with Gasteiger partial charge in [0.2, 0.25) is 5.91 Å². The lowest BCUT2D eigenvalue weighted by molar-refractivity contribution is -0.117. The predicted octanol–water partition coefficient (Wildman–Crippen LogP) is 3.40. The number of rotatable bonds is 4. The summed E-state index contributed by atoms with van der Waals surface area (Å²) in [7, 11) is 0. The van der Waals surface area contributed by atoms with Crippen LogP contribution >= 0.6 is 0 Å². The van der Waals surface area contributed by atoms with Gasteiger partial charge in [-0.2, -0.15) is 0 Å². The number of hydrogen-bond acceptors (Lipinski definition) is 3.